The summed E-state index contributed by atoms with van der Waals surface area (Å²) in [4.78, 5) is 23.5. The molecule has 0 aliphatic heterocycles. The van der Waals surface area contributed by atoms with Gasteiger partial charge in [-0.1, -0.05) is 25.0 Å². The SMILES string of the molecule is NC1(C(=O)N[C@@H](Cc2ccc(O)cc2)C(=O)O)CCCC1. The molecule has 1 amide bonds. The smallest absolute Gasteiger partial charge is 0.326 e. The number of hydrogen-bond donors (Lipinski definition) is 4. The molecule has 0 radical (unpaired) electrons. The predicted octanol–water partition coefficient (Wildman–Crippen LogP) is 0.776. The average molecular weight is 292 g/mol. The van der Waals surface area contributed by atoms with Crippen LogP contribution in [0, 0.1) is 0 Å². The Labute approximate surface area is 123 Å². The first kappa shape index (κ1) is 15.3. The first-order valence-corrected chi connectivity index (χ1v) is 7.01. The van der Waals surface area contributed by atoms with Crippen LogP contribution < -0.4 is 11.1 Å². The molecule has 0 unspecified atom stereocenters. The molecule has 21 heavy (non-hydrogen) atoms. The van der Waals surface area contributed by atoms with Crippen molar-refractivity contribution in [3.05, 3.63) is 29.8 Å². The minimum atomic E-state index is -1.10. The Morgan fingerprint density at radius 3 is 2.33 bits per heavy atom. The number of benzene rings is 1. The molecule has 0 heterocycles. The summed E-state index contributed by atoms with van der Waals surface area (Å²) >= 11 is 0. The first-order chi connectivity index (χ1) is 9.90. The number of nitrogens with two attached hydrogens (primary N) is 1. The van der Waals surface area contributed by atoms with Gasteiger partial charge in [0.25, 0.3) is 0 Å². The van der Waals surface area contributed by atoms with E-state index in [1.54, 1.807) is 12.1 Å². The van der Waals surface area contributed by atoms with Gasteiger partial charge in [0.15, 0.2) is 0 Å². The third-order valence-corrected chi connectivity index (χ3v) is 3.93. The van der Waals surface area contributed by atoms with E-state index in [9.17, 15) is 19.8 Å². The molecule has 1 saturated carbocycles. The zero-order chi connectivity index (χ0) is 15.5. The highest BCUT2D eigenvalue weighted by Crippen LogP contribution is 2.27. The van der Waals surface area contributed by atoms with Crippen molar-refractivity contribution in [2.45, 2.75) is 43.7 Å². The Morgan fingerprint density at radius 1 is 1.24 bits per heavy atom. The molecule has 114 valence electrons. The molecule has 1 aliphatic carbocycles. The van der Waals surface area contributed by atoms with Crippen molar-refractivity contribution >= 4 is 11.9 Å². The number of hydrogen-bond acceptors (Lipinski definition) is 4. The molecular formula is C15H20N2O4. The minimum absolute atomic E-state index is 0.113. The highest BCUT2D eigenvalue weighted by Gasteiger charge is 2.38. The van der Waals surface area contributed by atoms with E-state index in [0.29, 0.717) is 12.8 Å². The highest BCUT2D eigenvalue weighted by molar-refractivity contribution is 5.90. The van der Waals surface area contributed by atoms with Gasteiger partial charge in [0.2, 0.25) is 5.91 Å². The zero-order valence-corrected chi connectivity index (χ0v) is 11.7. The van der Waals surface area contributed by atoms with E-state index < -0.39 is 23.5 Å². The minimum Gasteiger partial charge on any atom is -0.508 e. The molecule has 1 atom stereocenters. The van der Waals surface area contributed by atoms with Gasteiger partial charge in [0, 0.05) is 6.42 Å². The standard InChI is InChI=1S/C15H20N2O4/c16-15(7-1-2-8-15)14(21)17-12(13(19)20)9-10-3-5-11(18)6-4-10/h3-6,12,18H,1-2,7-9,16H2,(H,17,21)(H,19,20)/t12-/m0/s1. The van der Waals surface area contributed by atoms with Gasteiger partial charge in [-0.3, -0.25) is 4.79 Å². The summed E-state index contributed by atoms with van der Waals surface area (Å²) in [5, 5.41) is 21.0. The Morgan fingerprint density at radius 2 is 1.81 bits per heavy atom. The zero-order valence-electron chi connectivity index (χ0n) is 11.7. The van der Waals surface area contributed by atoms with Gasteiger partial charge in [-0.2, -0.15) is 0 Å². The van der Waals surface area contributed by atoms with Gasteiger partial charge >= 0.3 is 5.97 Å². The lowest BCUT2D eigenvalue weighted by molar-refractivity contribution is -0.142. The van der Waals surface area contributed by atoms with Gasteiger partial charge in [0.1, 0.15) is 11.8 Å². The Bertz CT molecular complexity index is 521. The summed E-state index contributed by atoms with van der Waals surface area (Å²) in [6.07, 6.45) is 3.10. The maximum atomic E-state index is 12.2. The molecular weight excluding hydrogens is 272 g/mol. The largest absolute Gasteiger partial charge is 0.508 e. The quantitative estimate of drug-likeness (QED) is 0.640. The topological polar surface area (TPSA) is 113 Å². The molecule has 0 saturated heterocycles. The van der Waals surface area contributed by atoms with E-state index in [1.165, 1.54) is 12.1 Å². The maximum absolute atomic E-state index is 12.2. The van der Waals surface area contributed by atoms with Crippen LogP contribution in [0.4, 0.5) is 0 Å². The molecule has 6 heteroatoms. The number of aromatic hydroxyl groups is 1. The second-order valence-electron chi connectivity index (χ2n) is 5.60. The molecule has 5 N–H and O–H groups in total. The second kappa shape index (κ2) is 6.13. The maximum Gasteiger partial charge on any atom is 0.326 e. The third-order valence-electron chi connectivity index (χ3n) is 3.93. The fourth-order valence-electron chi connectivity index (χ4n) is 2.60. The highest BCUT2D eigenvalue weighted by atomic mass is 16.4. The van der Waals surface area contributed by atoms with E-state index in [1.807, 2.05) is 0 Å². The van der Waals surface area contributed by atoms with Crippen molar-refractivity contribution in [2.24, 2.45) is 5.73 Å². The monoisotopic (exact) mass is 292 g/mol. The first-order valence-electron chi connectivity index (χ1n) is 7.01. The van der Waals surface area contributed by atoms with Crippen LogP contribution in [0.1, 0.15) is 31.2 Å². The summed E-state index contributed by atoms with van der Waals surface area (Å²) in [5.41, 5.74) is 5.80. The predicted molar refractivity (Wildman–Crippen MR) is 76.8 cm³/mol. The fourth-order valence-corrected chi connectivity index (χ4v) is 2.60. The van der Waals surface area contributed by atoms with Crippen LogP contribution in [0.15, 0.2) is 24.3 Å². The van der Waals surface area contributed by atoms with E-state index in [0.717, 1.165) is 18.4 Å². The van der Waals surface area contributed by atoms with Crippen LogP contribution in [0.3, 0.4) is 0 Å². The van der Waals surface area contributed by atoms with Crippen LogP contribution in [0.5, 0.6) is 5.75 Å². The summed E-state index contributed by atoms with van der Waals surface area (Å²) in [6, 6.07) is 5.20. The normalized spacial score (nSPS) is 18.1. The number of phenols is 1. The van der Waals surface area contributed by atoms with Crippen molar-refractivity contribution in [1.29, 1.82) is 0 Å². The summed E-state index contributed by atoms with van der Waals surface area (Å²) < 4.78 is 0. The summed E-state index contributed by atoms with van der Waals surface area (Å²) in [6.45, 7) is 0. The molecule has 6 nitrogen and oxygen atoms in total. The van der Waals surface area contributed by atoms with Gasteiger partial charge in [-0.25, -0.2) is 4.79 Å². The molecule has 1 fully saturated rings. The van der Waals surface area contributed by atoms with Crippen molar-refractivity contribution in [2.75, 3.05) is 0 Å². The average Bonchev–Trinajstić information content (AvgIpc) is 2.88. The Balaban J connectivity index is 2.04. The molecule has 1 aliphatic rings. The number of carbonyl (C=O) groups excluding carboxylic acids is 1. The van der Waals surface area contributed by atoms with Crippen LogP contribution in [-0.4, -0.2) is 33.7 Å². The van der Waals surface area contributed by atoms with Crippen LogP contribution in [-0.2, 0) is 16.0 Å². The van der Waals surface area contributed by atoms with Crippen molar-refractivity contribution in [3.8, 4) is 5.75 Å². The summed E-state index contributed by atoms with van der Waals surface area (Å²) in [7, 11) is 0. The van der Waals surface area contributed by atoms with Gasteiger partial charge in [0.05, 0.1) is 5.54 Å². The van der Waals surface area contributed by atoms with Gasteiger partial charge < -0.3 is 21.3 Å². The van der Waals surface area contributed by atoms with Crippen molar-refractivity contribution in [3.63, 3.8) is 0 Å². The number of nitrogens with one attached hydrogen (secondary N) is 1. The van der Waals surface area contributed by atoms with E-state index in [4.69, 9.17) is 5.73 Å². The molecule has 1 aromatic rings. The second-order valence-corrected chi connectivity index (χ2v) is 5.60. The Hall–Kier alpha value is -2.08. The van der Waals surface area contributed by atoms with Crippen LogP contribution in [0.25, 0.3) is 0 Å². The number of rotatable bonds is 5. The molecule has 2 rings (SSSR count). The van der Waals surface area contributed by atoms with Gasteiger partial charge in [-0.15, -0.1) is 0 Å². The fraction of sp³-hybridized carbons (Fsp3) is 0.467. The van der Waals surface area contributed by atoms with Crippen LogP contribution in [0.2, 0.25) is 0 Å². The molecule has 0 spiro atoms. The van der Waals surface area contributed by atoms with E-state index in [-0.39, 0.29) is 12.2 Å². The number of phenolic OH excluding ortho intramolecular Hbond substituents is 1. The third kappa shape index (κ3) is 3.72. The number of carboxylic acid groups (broad SMARTS) is 1. The van der Waals surface area contributed by atoms with Crippen molar-refractivity contribution < 1.29 is 19.8 Å². The lowest BCUT2D eigenvalue weighted by atomic mass is 9.96. The molecule has 1 aromatic carbocycles. The molecule has 0 aromatic heterocycles. The lowest BCUT2D eigenvalue weighted by Crippen LogP contribution is -2.56. The van der Waals surface area contributed by atoms with Crippen molar-refractivity contribution in [1.82, 2.24) is 5.32 Å². The van der Waals surface area contributed by atoms with Gasteiger partial charge in [-0.05, 0) is 30.5 Å². The van der Waals surface area contributed by atoms with E-state index in [2.05, 4.69) is 5.32 Å². The number of carbonyl (C=O) groups is 2. The Kier molecular flexibility index (Phi) is 4.47. The molecule has 0 bridgehead atoms. The lowest BCUT2D eigenvalue weighted by Gasteiger charge is -2.25. The number of amides is 1. The van der Waals surface area contributed by atoms with Crippen LogP contribution >= 0.6 is 0 Å². The number of aliphatic carboxylic acids is 1. The number of carboxylic acids is 1. The summed E-state index contributed by atoms with van der Waals surface area (Å²) in [5.74, 6) is -1.38. The van der Waals surface area contributed by atoms with E-state index >= 15 is 0 Å².